The van der Waals surface area contributed by atoms with Crippen LogP contribution in [0.4, 0.5) is 5.95 Å². The Morgan fingerprint density at radius 3 is 2.97 bits per heavy atom. The number of rotatable bonds is 4. The summed E-state index contributed by atoms with van der Waals surface area (Å²) in [4.78, 5) is 8.97. The van der Waals surface area contributed by atoms with Crippen molar-refractivity contribution in [3.63, 3.8) is 0 Å². The molecule has 0 saturated carbocycles. The molecule has 2 fully saturated rings. The van der Waals surface area contributed by atoms with Crippen molar-refractivity contribution in [2.45, 2.75) is 50.7 Å². The highest BCUT2D eigenvalue weighted by Crippen LogP contribution is 2.33. The summed E-state index contributed by atoms with van der Waals surface area (Å²) >= 11 is 6.45. The number of aromatic nitrogens is 4. The highest BCUT2D eigenvalue weighted by Gasteiger charge is 2.43. The molecule has 30 heavy (non-hydrogen) atoms. The van der Waals surface area contributed by atoms with E-state index in [1.807, 2.05) is 23.9 Å². The Morgan fingerprint density at radius 2 is 2.17 bits per heavy atom. The molecule has 9 heteroatoms. The molecule has 8 nitrogen and oxygen atoms in total. The van der Waals surface area contributed by atoms with Crippen LogP contribution in [-0.2, 0) is 16.5 Å². The van der Waals surface area contributed by atoms with Crippen LogP contribution in [0.2, 0.25) is 5.02 Å². The van der Waals surface area contributed by atoms with Crippen LogP contribution in [0.15, 0.2) is 24.4 Å². The normalized spacial score (nSPS) is 25.9. The van der Waals surface area contributed by atoms with Crippen LogP contribution in [0.25, 0.3) is 22.2 Å². The molecule has 2 N–H and O–H groups in total. The van der Waals surface area contributed by atoms with E-state index in [0.717, 1.165) is 22.2 Å². The van der Waals surface area contributed by atoms with Gasteiger partial charge in [-0.05, 0) is 24.5 Å². The van der Waals surface area contributed by atoms with Crippen LogP contribution in [-0.4, -0.2) is 56.0 Å². The van der Waals surface area contributed by atoms with Crippen molar-refractivity contribution < 1.29 is 14.6 Å². The summed E-state index contributed by atoms with van der Waals surface area (Å²) in [5, 5.41) is 19.8. The van der Waals surface area contributed by atoms with Gasteiger partial charge in [-0.3, -0.25) is 4.68 Å². The lowest BCUT2D eigenvalue weighted by Gasteiger charge is -2.32. The molecule has 2 bridgehead atoms. The van der Waals surface area contributed by atoms with Gasteiger partial charge in [0.1, 0.15) is 6.10 Å². The van der Waals surface area contributed by atoms with Crippen LogP contribution in [0.3, 0.4) is 0 Å². The van der Waals surface area contributed by atoms with Gasteiger partial charge in [0, 0.05) is 23.7 Å². The maximum Gasteiger partial charge on any atom is 0.223 e. The van der Waals surface area contributed by atoms with Crippen LogP contribution < -0.4 is 5.32 Å². The minimum absolute atomic E-state index is 0.0230. The standard InChI is InChI=1S/C21H24ClN5O3/c1-10(2)18-13-6-11(4-5-15(13)26-27(18)3)17-14(22)8-23-21(25-17)24-16-7-12-9-29-20(30-12)19(16)28/h4-6,8,10,12,16,19-20,28H,7,9H2,1-3H3,(H,23,24,25)/t12-,16+,19-,20+/m0/s1. The summed E-state index contributed by atoms with van der Waals surface area (Å²) in [5.74, 6) is 0.746. The van der Waals surface area contributed by atoms with Crippen molar-refractivity contribution in [1.29, 1.82) is 0 Å². The van der Waals surface area contributed by atoms with Crippen molar-refractivity contribution in [3.8, 4) is 11.3 Å². The molecular weight excluding hydrogens is 406 g/mol. The second-order valence-electron chi connectivity index (χ2n) is 8.22. The third kappa shape index (κ3) is 3.33. The lowest BCUT2D eigenvalue weighted by molar-refractivity contribution is -0.156. The van der Waals surface area contributed by atoms with Crippen molar-refractivity contribution in [1.82, 2.24) is 19.7 Å². The van der Waals surface area contributed by atoms with E-state index >= 15 is 0 Å². The predicted octanol–water partition coefficient (Wildman–Crippen LogP) is 3.09. The molecule has 4 heterocycles. The number of aryl methyl sites for hydroxylation is 1. The van der Waals surface area contributed by atoms with Gasteiger partial charge in [0.25, 0.3) is 0 Å². The van der Waals surface area contributed by atoms with Gasteiger partial charge >= 0.3 is 0 Å². The number of aliphatic hydroxyl groups excluding tert-OH is 1. The summed E-state index contributed by atoms with van der Waals surface area (Å²) in [6.07, 6.45) is 0.797. The maximum absolute atomic E-state index is 10.5. The fourth-order valence-electron chi connectivity index (χ4n) is 4.38. The lowest BCUT2D eigenvalue weighted by atomic mass is 10.0. The maximum atomic E-state index is 10.5. The van der Waals surface area contributed by atoms with E-state index in [1.165, 1.54) is 0 Å². The van der Waals surface area contributed by atoms with Gasteiger partial charge in [-0.25, -0.2) is 9.97 Å². The summed E-state index contributed by atoms with van der Waals surface area (Å²) in [6.45, 7) is 4.80. The first kappa shape index (κ1) is 19.7. The van der Waals surface area contributed by atoms with E-state index in [9.17, 15) is 5.11 Å². The zero-order valence-corrected chi connectivity index (χ0v) is 17.8. The summed E-state index contributed by atoms with van der Waals surface area (Å²) < 4.78 is 13.0. The van der Waals surface area contributed by atoms with Gasteiger partial charge in [0.2, 0.25) is 5.95 Å². The zero-order valence-electron chi connectivity index (χ0n) is 17.0. The molecule has 0 radical (unpaired) electrons. The number of nitrogens with one attached hydrogen (secondary N) is 1. The molecule has 2 aliphatic rings. The minimum Gasteiger partial charge on any atom is -0.386 e. The highest BCUT2D eigenvalue weighted by atomic mass is 35.5. The number of hydrogen-bond acceptors (Lipinski definition) is 7. The smallest absolute Gasteiger partial charge is 0.223 e. The average Bonchev–Trinajstić information content (AvgIpc) is 3.27. The van der Waals surface area contributed by atoms with Crippen LogP contribution in [0.5, 0.6) is 0 Å². The quantitative estimate of drug-likeness (QED) is 0.658. The number of nitrogens with zero attached hydrogens (tertiary/aromatic N) is 4. The van der Waals surface area contributed by atoms with Crippen molar-refractivity contribution in [2.24, 2.45) is 7.05 Å². The molecule has 0 amide bonds. The fourth-order valence-corrected chi connectivity index (χ4v) is 4.58. The molecule has 4 atom stereocenters. The first-order chi connectivity index (χ1) is 14.4. The summed E-state index contributed by atoms with van der Waals surface area (Å²) in [6, 6.07) is 5.78. The zero-order chi connectivity index (χ0) is 21.0. The average molecular weight is 430 g/mol. The lowest BCUT2D eigenvalue weighted by Crippen LogP contribution is -2.48. The largest absolute Gasteiger partial charge is 0.386 e. The van der Waals surface area contributed by atoms with Crippen LogP contribution >= 0.6 is 11.6 Å². The van der Waals surface area contributed by atoms with Gasteiger partial charge in [-0.1, -0.05) is 31.5 Å². The molecular formula is C21H24ClN5O3. The Bertz CT molecular complexity index is 1100. The molecule has 0 spiro atoms. The number of fused-ring (bicyclic) bond motifs is 3. The Hall–Kier alpha value is -2.26. The Labute approximate surface area is 179 Å². The molecule has 2 saturated heterocycles. The first-order valence-electron chi connectivity index (χ1n) is 10.1. The number of benzene rings is 1. The van der Waals surface area contributed by atoms with Gasteiger partial charge in [0.05, 0.1) is 41.2 Å². The topological polar surface area (TPSA) is 94.3 Å². The SMILES string of the molecule is CC(C)c1c2cc(-c3nc(N[C@@H]4C[C@H]5CO[C@H](O5)[C@H]4O)ncc3Cl)ccc2nn1C. The molecule has 2 aromatic heterocycles. The third-order valence-electron chi connectivity index (χ3n) is 5.74. The fraction of sp³-hybridized carbons (Fsp3) is 0.476. The van der Waals surface area contributed by atoms with Crippen LogP contribution in [0.1, 0.15) is 31.9 Å². The number of halogens is 1. The van der Waals surface area contributed by atoms with Gasteiger partial charge in [-0.2, -0.15) is 5.10 Å². The monoisotopic (exact) mass is 429 g/mol. The van der Waals surface area contributed by atoms with Gasteiger partial charge in [0.15, 0.2) is 6.29 Å². The Kier molecular flexibility index (Phi) is 4.89. The van der Waals surface area contributed by atoms with E-state index in [2.05, 4.69) is 40.3 Å². The molecule has 5 rings (SSSR count). The van der Waals surface area contributed by atoms with Gasteiger partial charge < -0.3 is 19.9 Å². The molecule has 158 valence electrons. The van der Waals surface area contributed by atoms with Crippen molar-refractivity contribution >= 4 is 28.5 Å². The molecule has 0 aliphatic carbocycles. The molecule has 2 aliphatic heterocycles. The third-order valence-corrected chi connectivity index (χ3v) is 6.02. The first-order valence-corrected chi connectivity index (χ1v) is 10.5. The number of anilines is 1. The Balaban J connectivity index is 1.48. The van der Waals surface area contributed by atoms with Crippen molar-refractivity contribution in [3.05, 3.63) is 35.1 Å². The summed E-state index contributed by atoms with van der Waals surface area (Å²) in [5.41, 5.74) is 3.63. The number of ether oxygens (including phenoxy) is 2. The molecule has 0 unspecified atom stereocenters. The van der Waals surface area contributed by atoms with Crippen LogP contribution in [0, 0.1) is 0 Å². The van der Waals surface area contributed by atoms with E-state index in [4.69, 9.17) is 21.1 Å². The van der Waals surface area contributed by atoms with E-state index < -0.39 is 12.4 Å². The number of hydrogen-bond donors (Lipinski definition) is 2. The van der Waals surface area contributed by atoms with E-state index in [-0.39, 0.29) is 12.1 Å². The predicted molar refractivity (Wildman–Crippen MR) is 113 cm³/mol. The summed E-state index contributed by atoms with van der Waals surface area (Å²) in [7, 11) is 1.96. The van der Waals surface area contributed by atoms with Gasteiger partial charge in [-0.15, -0.1) is 0 Å². The Morgan fingerprint density at radius 1 is 1.33 bits per heavy atom. The molecule has 3 aromatic rings. The second-order valence-corrected chi connectivity index (χ2v) is 8.63. The highest BCUT2D eigenvalue weighted by molar-refractivity contribution is 6.33. The minimum atomic E-state index is -0.785. The number of aliphatic hydroxyl groups is 1. The molecule has 1 aromatic carbocycles. The second kappa shape index (κ2) is 7.46. The van der Waals surface area contributed by atoms with E-state index in [0.29, 0.717) is 35.6 Å². The van der Waals surface area contributed by atoms with Crippen molar-refractivity contribution in [2.75, 3.05) is 11.9 Å². The van der Waals surface area contributed by atoms with E-state index in [1.54, 1.807) is 6.20 Å².